The summed E-state index contributed by atoms with van der Waals surface area (Å²) in [5.74, 6) is 0. The highest BCUT2D eigenvalue weighted by Crippen LogP contribution is 2.29. The van der Waals surface area contributed by atoms with Crippen LogP contribution in [-0.2, 0) is 0 Å². The summed E-state index contributed by atoms with van der Waals surface area (Å²) < 4.78 is 0.650. The van der Waals surface area contributed by atoms with E-state index < -0.39 is 0 Å². The molecular weight excluding hydrogens is 192 g/mol. The van der Waals surface area contributed by atoms with Crippen LogP contribution >= 0.6 is 22.9 Å². The van der Waals surface area contributed by atoms with Gasteiger partial charge in [-0.25, -0.2) is 4.98 Å². The van der Waals surface area contributed by atoms with E-state index >= 15 is 0 Å². The van der Waals surface area contributed by atoms with Crippen LogP contribution in [0.2, 0.25) is 4.47 Å². The Morgan fingerprint density at radius 3 is 3.08 bits per heavy atom. The normalized spacial score (nSPS) is 24.2. The van der Waals surface area contributed by atoms with Crippen LogP contribution in [0.3, 0.4) is 0 Å². The molecular formula is C8H11ClN2S. The number of hydrogen-bond acceptors (Lipinski definition) is 3. The number of rotatable bonds is 1. The van der Waals surface area contributed by atoms with E-state index in [2.05, 4.69) is 10.3 Å². The van der Waals surface area contributed by atoms with Gasteiger partial charge in [-0.1, -0.05) is 18.0 Å². The van der Waals surface area contributed by atoms with Gasteiger partial charge in [0.1, 0.15) is 0 Å². The molecule has 1 aromatic rings. The van der Waals surface area contributed by atoms with Gasteiger partial charge in [0.05, 0.1) is 0 Å². The van der Waals surface area contributed by atoms with Crippen molar-refractivity contribution in [2.24, 2.45) is 0 Å². The lowest BCUT2D eigenvalue weighted by Crippen LogP contribution is -2.25. The van der Waals surface area contributed by atoms with E-state index in [1.165, 1.54) is 24.1 Å². The van der Waals surface area contributed by atoms with Crippen LogP contribution < -0.4 is 5.32 Å². The minimum absolute atomic E-state index is 0.503. The summed E-state index contributed by atoms with van der Waals surface area (Å²) in [5, 5.41) is 3.46. The Bertz CT molecular complexity index is 255. The van der Waals surface area contributed by atoms with Gasteiger partial charge in [-0.2, -0.15) is 0 Å². The van der Waals surface area contributed by atoms with Gasteiger partial charge in [0.2, 0.25) is 0 Å². The van der Waals surface area contributed by atoms with Crippen molar-refractivity contribution in [2.45, 2.75) is 25.3 Å². The van der Waals surface area contributed by atoms with E-state index in [1.54, 1.807) is 11.3 Å². The number of piperidine rings is 1. The molecule has 1 atom stereocenters. The first kappa shape index (κ1) is 8.48. The number of halogens is 1. The first-order valence-electron chi connectivity index (χ1n) is 4.21. The van der Waals surface area contributed by atoms with Crippen molar-refractivity contribution < 1.29 is 0 Å². The maximum absolute atomic E-state index is 5.76. The molecule has 1 saturated heterocycles. The molecule has 66 valence electrons. The third kappa shape index (κ3) is 1.79. The van der Waals surface area contributed by atoms with E-state index in [4.69, 9.17) is 11.6 Å². The van der Waals surface area contributed by atoms with Gasteiger partial charge in [-0.3, -0.25) is 0 Å². The van der Waals surface area contributed by atoms with Crippen molar-refractivity contribution >= 4 is 22.9 Å². The highest BCUT2D eigenvalue weighted by Gasteiger charge is 2.16. The Kier molecular flexibility index (Phi) is 2.63. The minimum Gasteiger partial charge on any atom is -0.309 e. The van der Waals surface area contributed by atoms with Crippen LogP contribution in [0.25, 0.3) is 0 Å². The number of thiazole rings is 1. The second kappa shape index (κ2) is 3.73. The number of hydrogen-bond donors (Lipinski definition) is 1. The molecule has 1 unspecified atom stereocenters. The van der Waals surface area contributed by atoms with Crippen LogP contribution in [-0.4, -0.2) is 11.5 Å². The summed E-state index contributed by atoms with van der Waals surface area (Å²) in [4.78, 5) is 5.31. The molecule has 1 aliphatic heterocycles. The van der Waals surface area contributed by atoms with Gasteiger partial charge in [-0.15, -0.1) is 11.3 Å². The Labute approximate surface area is 81.0 Å². The fourth-order valence-corrected chi connectivity index (χ4v) is 2.58. The van der Waals surface area contributed by atoms with E-state index in [0.717, 1.165) is 6.54 Å². The summed E-state index contributed by atoms with van der Waals surface area (Å²) in [6, 6.07) is 0.503. The van der Waals surface area contributed by atoms with Crippen LogP contribution in [0.15, 0.2) is 6.20 Å². The van der Waals surface area contributed by atoms with E-state index in [-0.39, 0.29) is 0 Å². The van der Waals surface area contributed by atoms with E-state index in [1.807, 2.05) is 6.20 Å². The molecule has 0 aliphatic carbocycles. The van der Waals surface area contributed by atoms with Crippen LogP contribution in [0, 0.1) is 0 Å². The van der Waals surface area contributed by atoms with Crippen molar-refractivity contribution in [2.75, 3.05) is 6.54 Å². The second-order valence-electron chi connectivity index (χ2n) is 3.02. The monoisotopic (exact) mass is 202 g/mol. The molecule has 12 heavy (non-hydrogen) atoms. The molecule has 2 heterocycles. The maximum Gasteiger partial charge on any atom is 0.183 e. The zero-order valence-corrected chi connectivity index (χ0v) is 8.29. The average Bonchev–Trinajstić information content (AvgIpc) is 2.54. The molecule has 2 rings (SSSR count). The van der Waals surface area contributed by atoms with Crippen LogP contribution in [0.4, 0.5) is 0 Å². The van der Waals surface area contributed by atoms with Crippen molar-refractivity contribution in [3.63, 3.8) is 0 Å². The van der Waals surface area contributed by atoms with Crippen molar-refractivity contribution in [1.82, 2.24) is 10.3 Å². The Hall–Kier alpha value is -0.120. The molecule has 1 aromatic heterocycles. The lowest BCUT2D eigenvalue weighted by Gasteiger charge is -2.21. The molecule has 1 N–H and O–H groups in total. The Morgan fingerprint density at radius 1 is 1.58 bits per heavy atom. The minimum atomic E-state index is 0.503. The quantitative estimate of drug-likeness (QED) is 0.758. The highest BCUT2D eigenvalue weighted by molar-refractivity contribution is 7.15. The summed E-state index contributed by atoms with van der Waals surface area (Å²) >= 11 is 7.35. The first-order chi connectivity index (χ1) is 5.86. The molecule has 4 heteroatoms. The van der Waals surface area contributed by atoms with Gasteiger partial charge in [-0.05, 0) is 19.4 Å². The topological polar surface area (TPSA) is 24.9 Å². The molecule has 1 fully saturated rings. The predicted molar refractivity (Wildman–Crippen MR) is 51.7 cm³/mol. The van der Waals surface area contributed by atoms with Gasteiger partial charge >= 0.3 is 0 Å². The lowest BCUT2D eigenvalue weighted by molar-refractivity contribution is 0.417. The fourth-order valence-electron chi connectivity index (χ4n) is 1.52. The standard InChI is InChI=1S/C8H11ClN2S/c9-8-11-5-7(12-8)6-3-1-2-4-10-6/h5-6,10H,1-4H2. The molecule has 0 radical (unpaired) electrons. The number of nitrogens with zero attached hydrogens (tertiary/aromatic N) is 1. The van der Waals surface area contributed by atoms with E-state index in [9.17, 15) is 0 Å². The molecule has 0 saturated carbocycles. The lowest BCUT2D eigenvalue weighted by atomic mass is 10.0. The Morgan fingerprint density at radius 2 is 2.50 bits per heavy atom. The molecule has 0 amide bonds. The van der Waals surface area contributed by atoms with E-state index in [0.29, 0.717) is 10.5 Å². The third-order valence-electron chi connectivity index (χ3n) is 2.15. The molecule has 0 aromatic carbocycles. The fraction of sp³-hybridized carbons (Fsp3) is 0.625. The average molecular weight is 203 g/mol. The maximum atomic E-state index is 5.76. The summed E-state index contributed by atoms with van der Waals surface area (Å²) in [6.07, 6.45) is 5.71. The largest absolute Gasteiger partial charge is 0.309 e. The summed E-state index contributed by atoms with van der Waals surface area (Å²) in [6.45, 7) is 1.13. The van der Waals surface area contributed by atoms with Gasteiger partial charge in [0.25, 0.3) is 0 Å². The summed E-state index contributed by atoms with van der Waals surface area (Å²) in [7, 11) is 0. The zero-order chi connectivity index (χ0) is 8.39. The predicted octanol–water partition coefficient (Wildman–Crippen LogP) is 2.61. The third-order valence-corrected chi connectivity index (χ3v) is 3.38. The molecule has 1 aliphatic rings. The molecule has 0 bridgehead atoms. The van der Waals surface area contributed by atoms with Crippen molar-refractivity contribution in [1.29, 1.82) is 0 Å². The second-order valence-corrected chi connectivity index (χ2v) is 4.66. The van der Waals surface area contributed by atoms with Crippen LogP contribution in [0.5, 0.6) is 0 Å². The Balaban J connectivity index is 2.08. The van der Waals surface area contributed by atoms with Gasteiger partial charge in [0, 0.05) is 17.1 Å². The van der Waals surface area contributed by atoms with Crippen molar-refractivity contribution in [3.05, 3.63) is 15.5 Å². The van der Waals surface area contributed by atoms with Gasteiger partial charge in [0.15, 0.2) is 4.47 Å². The van der Waals surface area contributed by atoms with Gasteiger partial charge < -0.3 is 5.32 Å². The SMILES string of the molecule is Clc1ncc(C2CCCCN2)s1. The molecule has 2 nitrogen and oxygen atoms in total. The first-order valence-corrected chi connectivity index (χ1v) is 5.40. The highest BCUT2D eigenvalue weighted by atomic mass is 35.5. The van der Waals surface area contributed by atoms with Crippen LogP contribution in [0.1, 0.15) is 30.2 Å². The number of nitrogens with one attached hydrogen (secondary N) is 1. The smallest absolute Gasteiger partial charge is 0.183 e. The zero-order valence-electron chi connectivity index (χ0n) is 6.72. The summed E-state index contributed by atoms with van der Waals surface area (Å²) in [5.41, 5.74) is 0. The molecule has 0 spiro atoms. The van der Waals surface area contributed by atoms with Crippen molar-refractivity contribution in [3.8, 4) is 0 Å². The number of aromatic nitrogens is 1.